The summed E-state index contributed by atoms with van der Waals surface area (Å²) in [5.41, 5.74) is 2.93. The zero-order valence-electron chi connectivity index (χ0n) is 10.9. The fourth-order valence-electron chi connectivity index (χ4n) is 1.96. The van der Waals surface area contributed by atoms with Gasteiger partial charge in [0.05, 0.1) is 16.4 Å². The van der Waals surface area contributed by atoms with Crippen molar-refractivity contribution in [1.29, 1.82) is 0 Å². The molecule has 0 spiro atoms. The summed E-state index contributed by atoms with van der Waals surface area (Å²) in [6.07, 6.45) is 0. The number of hydrogen-bond donors (Lipinski definition) is 1. The van der Waals surface area contributed by atoms with Gasteiger partial charge in [-0.15, -0.1) is 0 Å². The van der Waals surface area contributed by atoms with E-state index in [-0.39, 0.29) is 10.7 Å². The summed E-state index contributed by atoms with van der Waals surface area (Å²) in [4.78, 5) is 0. The van der Waals surface area contributed by atoms with Gasteiger partial charge in [-0.3, -0.25) is 4.68 Å². The monoisotopic (exact) mass is 285 g/mol. The van der Waals surface area contributed by atoms with Gasteiger partial charge in [-0.25, -0.2) is 8.78 Å². The smallest absolute Gasteiger partial charge is 0.150 e. The van der Waals surface area contributed by atoms with Crippen LogP contribution < -0.4 is 5.32 Å². The average molecular weight is 286 g/mol. The van der Waals surface area contributed by atoms with E-state index < -0.39 is 11.6 Å². The second kappa shape index (κ2) is 5.17. The van der Waals surface area contributed by atoms with Gasteiger partial charge in [0.15, 0.2) is 5.82 Å². The Bertz CT molecular complexity index is 600. The normalized spacial score (nSPS) is 10.8. The largest absolute Gasteiger partial charge is 0.377 e. The van der Waals surface area contributed by atoms with Crippen LogP contribution in [0.25, 0.3) is 0 Å². The number of nitrogens with one attached hydrogen (secondary N) is 1. The second-order valence-corrected chi connectivity index (χ2v) is 4.78. The van der Waals surface area contributed by atoms with E-state index in [4.69, 9.17) is 11.6 Å². The SMILES string of the molecule is Cc1nn(C)c(C)c1CNc1c(F)cc(F)cc1Cl. The van der Waals surface area contributed by atoms with Crippen LogP contribution in [0.1, 0.15) is 17.0 Å². The first kappa shape index (κ1) is 13.8. The molecule has 0 aliphatic rings. The van der Waals surface area contributed by atoms with E-state index in [0.29, 0.717) is 6.54 Å². The fraction of sp³-hybridized carbons (Fsp3) is 0.308. The molecular weight excluding hydrogens is 272 g/mol. The Morgan fingerprint density at radius 2 is 2.00 bits per heavy atom. The van der Waals surface area contributed by atoms with Gasteiger partial charge in [-0.05, 0) is 19.9 Å². The minimum Gasteiger partial charge on any atom is -0.377 e. The molecule has 3 nitrogen and oxygen atoms in total. The van der Waals surface area contributed by atoms with Gasteiger partial charge in [-0.2, -0.15) is 5.10 Å². The molecule has 0 aliphatic carbocycles. The Kier molecular flexibility index (Phi) is 3.75. The molecule has 0 saturated heterocycles. The van der Waals surface area contributed by atoms with E-state index >= 15 is 0 Å². The van der Waals surface area contributed by atoms with Gasteiger partial charge in [0.1, 0.15) is 5.82 Å². The van der Waals surface area contributed by atoms with Gasteiger partial charge >= 0.3 is 0 Å². The zero-order valence-corrected chi connectivity index (χ0v) is 11.6. The first-order chi connectivity index (χ1) is 8.90. The highest BCUT2D eigenvalue weighted by Crippen LogP contribution is 2.27. The Balaban J connectivity index is 2.24. The van der Waals surface area contributed by atoms with Crippen LogP contribution >= 0.6 is 11.6 Å². The van der Waals surface area contributed by atoms with Crippen LogP contribution in [0, 0.1) is 25.5 Å². The maximum atomic E-state index is 13.6. The van der Waals surface area contributed by atoms with Gasteiger partial charge in [0, 0.05) is 30.9 Å². The highest BCUT2D eigenvalue weighted by Gasteiger charge is 2.13. The molecule has 0 saturated carbocycles. The third-order valence-corrected chi connectivity index (χ3v) is 3.41. The molecule has 2 aromatic rings. The van der Waals surface area contributed by atoms with E-state index in [1.807, 2.05) is 20.9 Å². The van der Waals surface area contributed by atoms with Gasteiger partial charge < -0.3 is 5.32 Å². The van der Waals surface area contributed by atoms with Crippen LogP contribution in [0.5, 0.6) is 0 Å². The number of aryl methyl sites for hydroxylation is 2. The molecule has 6 heteroatoms. The lowest BCUT2D eigenvalue weighted by atomic mass is 10.2. The van der Waals surface area contributed by atoms with Crippen molar-refractivity contribution in [2.24, 2.45) is 7.05 Å². The summed E-state index contributed by atoms with van der Waals surface area (Å²) in [6.45, 7) is 4.19. The Hall–Kier alpha value is -1.62. The number of halogens is 3. The fourth-order valence-corrected chi connectivity index (χ4v) is 2.22. The van der Waals surface area contributed by atoms with Crippen molar-refractivity contribution in [3.05, 3.63) is 45.7 Å². The molecule has 0 aliphatic heterocycles. The minimum absolute atomic E-state index is 0.0247. The molecule has 1 aromatic heterocycles. The third kappa shape index (κ3) is 2.71. The summed E-state index contributed by atoms with van der Waals surface area (Å²) in [7, 11) is 1.84. The highest BCUT2D eigenvalue weighted by atomic mass is 35.5. The number of benzene rings is 1. The first-order valence-electron chi connectivity index (χ1n) is 5.77. The van der Waals surface area contributed by atoms with Crippen molar-refractivity contribution in [2.45, 2.75) is 20.4 Å². The molecule has 19 heavy (non-hydrogen) atoms. The maximum Gasteiger partial charge on any atom is 0.150 e. The predicted octanol–water partition coefficient (Wildman–Crippen LogP) is 3.58. The van der Waals surface area contributed by atoms with Gasteiger partial charge in [0.2, 0.25) is 0 Å². The van der Waals surface area contributed by atoms with Crippen molar-refractivity contribution in [3.8, 4) is 0 Å². The molecule has 1 heterocycles. The standard InChI is InChI=1S/C13H14ClF2N3/c1-7-10(8(2)19(3)18-7)6-17-13-11(14)4-9(15)5-12(13)16/h4-5,17H,6H2,1-3H3. The molecule has 0 atom stereocenters. The molecule has 0 unspecified atom stereocenters. The van der Waals surface area contributed by atoms with Crippen LogP contribution in [0.4, 0.5) is 14.5 Å². The van der Waals surface area contributed by atoms with Crippen LogP contribution in [0.15, 0.2) is 12.1 Å². The lowest BCUT2D eigenvalue weighted by Gasteiger charge is -2.10. The Morgan fingerprint density at radius 3 is 2.53 bits per heavy atom. The van der Waals surface area contributed by atoms with Crippen molar-refractivity contribution in [1.82, 2.24) is 9.78 Å². The zero-order chi connectivity index (χ0) is 14.2. The molecule has 0 radical (unpaired) electrons. The van der Waals surface area contributed by atoms with E-state index in [2.05, 4.69) is 10.4 Å². The average Bonchev–Trinajstić information content (AvgIpc) is 2.53. The summed E-state index contributed by atoms with van der Waals surface area (Å²) in [5.74, 6) is -1.40. The molecule has 0 bridgehead atoms. The number of rotatable bonds is 3. The highest BCUT2D eigenvalue weighted by molar-refractivity contribution is 6.33. The van der Waals surface area contributed by atoms with Crippen LogP contribution in [0.2, 0.25) is 5.02 Å². The molecular formula is C13H14ClF2N3. The van der Waals surface area contributed by atoms with E-state index in [9.17, 15) is 8.78 Å². The number of hydrogen-bond acceptors (Lipinski definition) is 2. The van der Waals surface area contributed by atoms with Crippen molar-refractivity contribution < 1.29 is 8.78 Å². The molecule has 2 rings (SSSR count). The van der Waals surface area contributed by atoms with E-state index in [1.54, 1.807) is 4.68 Å². The number of aromatic nitrogens is 2. The quantitative estimate of drug-likeness (QED) is 0.934. The summed E-state index contributed by atoms with van der Waals surface area (Å²) < 4.78 is 28.3. The van der Waals surface area contributed by atoms with E-state index in [0.717, 1.165) is 29.1 Å². The van der Waals surface area contributed by atoms with Crippen LogP contribution in [0.3, 0.4) is 0 Å². The summed E-state index contributed by atoms with van der Waals surface area (Å²) in [6, 6.07) is 1.88. The number of anilines is 1. The van der Waals surface area contributed by atoms with Crippen molar-refractivity contribution in [3.63, 3.8) is 0 Å². The van der Waals surface area contributed by atoms with Crippen LogP contribution in [-0.4, -0.2) is 9.78 Å². The van der Waals surface area contributed by atoms with Crippen LogP contribution in [-0.2, 0) is 13.6 Å². The molecule has 102 valence electrons. The first-order valence-corrected chi connectivity index (χ1v) is 6.15. The van der Waals surface area contributed by atoms with Gasteiger partial charge in [-0.1, -0.05) is 11.6 Å². The third-order valence-electron chi connectivity index (χ3n) is 3.11. The predicted molar refractivity (Wildman–Crippen MR) is 71.4 cm³/mol. The van der Waals surface area contributed by atoms with Crippen molar-refractivity contribution >= 4 is 17.3 Å². The van der Waals surface area contributed by atoms with Crippen molar-refractivity contribution in [2.75, 3.05) is 5.32 Å². The van der Waals surface area contributed by atoms with E-state index in [1.165, 1.54) is 0 Å². The molecule has 1 N–H and O–H groups in total. The second-order valence-electron chi connectivity index (χ2n) is 4.37. The summed E-state index contributed by atoms with van der Waals surface area (Å²) >= 11 is 5.82. The summed E-state index contributed by atoms with van der Waals surface area (Å²) in [5, 5.41) is 7.19. The molecule has 1 aromatic carbocycles. The molecule has 0 fully saturated rings. The number of nitrogens with zero attached hydrogens (tertiary/aromatic N) is 2. The minimum atomic E-state index is -0.704. The maximum absolute atomic E-state index is 13.6. The lowest BCUT2D eigenvalue weighted by Crippen LogP contribution is -2.05. The Labute approximate surface area is 115 Å². The van der Waals surface area contributed by atoms with Gasteiger partial charge in [0.25, 0.3) is 0 Å². The lowest BCUT2D eigenvalue weighted by molar-refractivity contribution is 0.585. The topological polar surface area (TPSA) is 29.9 Å². The molecule has 0 amide bonds. The Morgan fingerprint density at radius 1 is 1.32 bits per heavy atom.